The van der Waals surface area contributed by atoms with Crippen LogP contribution in [-0.2, 0) is 0 Å². The van der Waals surface area contributed by atoms with Crippen LogP contribution in [0.5, 0.6) is 0 Å². The van der Waals surface area contributed by atoms with E-state index in [-0.39, 0.29) is 0 Å². The van der Waals surface area contributed by atoms with Crippen LogP contribution in [0.2, 0.25) is 0 Å². The Balaban J connectivity index is 0.000000531. The van der Waals surface area contributed by atoms with Gasteiger partial charge in [0.25, 0.3) is 0 Å². The summed E-state index contributed by atoms with van der Waals surface area (Å²) in [5, 5.41) is 0. The molecule has 0 atom stereocenters. The summed E-state index contributed by atoms with van der Waals surface area (Å²) in [6, 6.07) is 1.87. The third kappa shape index (κ3) is 3.59. The van der Waals surface area contributed by atoms with Crippen molar-refractivity contribution in [1.82, 2.24) is 14.9 Å². The molecule has 0 amide bonds. The second kappa shape index (κ2) is 6.51. The van der Waals surface area contributed by atoms with Crippen molar-refractivity contribution in [1.29, 1.82) is 0 Å². The average molecular weight is 207 g/mol. The first-order valence-electron chi connectivity index (χ1n) is 5.82. The topological polar surface area (TPSA) is 29.0 Å². The summed E-state index contributed by atoms with van der Waals surface area (Å²) in [5.41, 5.74) is 0. The average Bonchev–Trinajstić information content (AvgIpc) is 2.34. The zero-order valence-electron chi connectivity index (χ0n) is 9.98. The zero-order chi connectivity index (χ0) is 11.1. The summed E-state index contributed by atoms with van der Waals surface area (Å²) in [6.07, 6.45) is 6.06. The van der Waals surface area contributed by atoms with Crippen molar-refractivity contribution >= 4 is 0 Å². The van der Waals surface area contributed by atoms with Crippen LogP contribution in [-0.4, -0.2) is 35.0 Å². The van der Waals surface area contributed by atoms with E-state index in [0.717, 1.165) is 5.82 Å². The van der Waals surface area contributed by atoms with Gasteiger partial charge in [0, 0.05) is 18.3 Å². The molecule has 15 heavy (non-hydrogen) atoms. The number of likely N-dealkylation sites (tertiary alicyclic amines) is 1. The summed E-state index contributed by atoms with van der Waals surface area (Å²) in [4.78, 5) is 11.0. The van der Waals surface area contributed by atoms with E-state index < -0.39 is 0 Å². The second-order valence-electron chi connectivity index (χ2n) is 3.68. The second-order valence-corrected chi connectivity index (χ2v) is 3.68. The summed E-state index contributed by atoms with van der Waals surface area (Å²) >= 11 is 0. The van der Waals surface area contributed by atoms with Gasteiger partial charge in [-0.3, -0.25) is 0 Å². The van der Waals surface area contributed by atoms with Gasteiger partial charge < -0.3 is 4.90 Å². The van der Waals surface area contributed by atoms with Crippen LogP contribution < -0.4 is 0 Å². The Bertz CT molecular complexity index is 253. The van der Waals surface area contributed by atoms with Crippen molar-refractivity contribution in [2.45, 2.75) is 32.6 Å². The number of rotatable bonds is 1. The molecule has 0 spiro atoms. The lowest BCUT2D eigenvalue weighted by molar-refractivity contribution is 0.251. The third-order valence-corrected chi connectivity index (χ3v) is 2.67. The molecule has 0 aromatic carbocycles. The van der Waals surface area contributed by atoms with E-state index in [4.69, 9.17) is 0 Å². The Morgan fingerprint density at radius 2 is 1.67 bits per heavy atom. The van der Waals surface area contributed by atoms with Crippen molar-refractivity contribution in [3.8, 4) is 0 Å². The van der Waals surface area contributed by atoms with Crippen LogP contribution in [0.15, 0.2) is 18.5 Å². The van der Waals surface area contributed by atoms with E-state index in [9.17, 15) is 0 Å². The molecule has 84 valence electrons. The predicted molar refractivity (Wildman–Crippen MR) is 62.9 cm³/mol. The maximum atomic E-state index is 4.30. The van der Waals surface area contributed by atoms with E-state index in [0.29, 0.717) is 5.92 Å². The van der Waals surface area contributed by atoms with E-state index in [1.165, 1.54) is 25.9 Å². The van der Waals surface area contributed by atoms with E-state index in [1.807, 2.05) is 32.3 Å². The van der Waals surface area contributed by atoms with Crippen molar-refractivity contribution < 1.29 is 0 Å². The summed E-state index contributed by atoms with van der Waals surface area (Å²) < 4.78 is 0. The largest absolute Gasteiger partial charge is 0.306 e. The SMILES string of the molecule is CC.CN1CCC(c2ncccn2)CC1. The van der Waals surface area contributed by atoms with E-state index >= 15 is 0 Å². The van der Waals surface area contributed by atoms with Crippen LogP contribution in [0, 0.1) is 0 Å². The molecular formula is C12H21N3. The molecule has 2 heterocycles. The Morgan fingerprint density at radius 1 is 1.13 bits per heavy atom. The highest BCUT2D eigenvalue weighted by Crippen LogP contribution is 2.23. The molecule has 0 unspecified atom stereocenters. The molecular weight excluding hydrogens is 186 g/mol. The molecule has 1 fully saturated rings. The lowest BCUT2D eigenvalue weighted by Gasteiger charge is -2.27. The van der Waals surface area contributed by atoms with Crippen molar-refractivity contribution in [2.24, 2.45) is 0 Å². The summed E-state index contributed by atoms with van der Waals surface area (Å²) in [7, 11) is 2.17. The van der Waals surface area contributed by atoms with Crippen molar-refractivity contribution in [3.63, 3.8) is 0 Å². The molecule has 2 rings (SSSR count). The molecule has 3 heteroatoms. The first-order valence-corrected chi connectivity index (χ1v) is 5.82. The Labute approximate surface area is 92.6 Å². The predicted octanol–water partition coefficient (Wildman–Crippen LogP) is 2.31. The normalized spacial score (nSPS) is 18.1. The van der Waals surface area contributed by atoms with Gasteiger partial charge in [0.2, 0.25) is 0 Å². The van der Waals surface area contributed by atoms with Gasteiger partial charge in [0.1, 0.15) is 5.82 Å². The van der Waals surface area contributed by atoms with E-state index in [1.54, 1.807) is 0 Å². The highest BCUT2D eigenvalue weighted by molar-refractivity contribution is 4.98. The lowest BCUT2D eigenvalue weighted by atomic mass is 9.96. The Morgan fingerprint density at radius 3 is 2.20 bits per heavy atom. The molecule has 0 aliphatic carbocycles. The number of hydrogen-bond donors (Lipinski definition) is 0. The highest BCUT2D eigenvalue weighted by Gasteiger charge is 2.19. The monoisotopic (exact) mass is 207 g/mol. The molecule has 1 saturated heterocycles. The summed E-state index contributed by atoms with van der Waals surface area (Å²) in [6.45, 7) is 6.34. The van der Waals surface area contributed by atoms with Crippen molar-refractivity contribution in [3.05, 3.63) is 24.3 Å². The maximum Gasteiger partial charge on any atom is 0.131 e. The van der Waals surface area contributed by atoms with Gasteiger partial charge in [0.05, 0.1) is 0 Å². The molecule has 1 aromatic rings. The quantitative estimate of drug-likeness (QED) is 0.707. The first-order chi connectivity index (χ1) is 7.36. The van der Waals surface area contributed by atoms with Crippen LogP contribution in [0.25, 0.3) is 0 Å². The smallest absolute Gasteiger partial charge is 0.131 e. The molecule has 1 aliphatic rings. The minimum atomic E-state index is 0.581. The number of aromatic nitrogens is 2. The molecule has 0 radical (unpaired) electrons. The Kier molecular flexibility index (Phi) is 5.26. The standard InChI is InChI=1S/C10H15N3.C2H6/c1-13-7-3-9(4-8-13)10-11-5-2-6-12-10;1-2/h2,5-6,9H,3-4,7-8H2,1H3;1-2H3. The number of nitrogens with zero attached hydrogens (tertiary/aromatic N) is 3. The third-order valence-electron chi connectivity index (χ3n) is 2.67. The van der Waals surface area contributed by atoms with Crippen LogP contribution in [0.4, 0.5) is 0 Å². The van der Waals surface area contributed by atoms with E-state index in [2.05, 4.69) is 21.9 Å². The minimum absolute atomic E-state index is 0.581. The fourth-order valence-electron chi connectivity index (χ4n) is 1.79. The zero-order valence-corrected chi connectivity index (χ0v) is 9.98. The number of hydrogen-bond acceptors (Lipinski definition) is 3. The van der Waals surface area contributed by atoms with Gasteiger partial charge >= 0.3 is 0 Å². The number of piperidine rings is 1. The molecule has 0 bridgehead atoms. The van der Waals surface area contributed by atoms with Crippen LogP contribution in [0.1, 0.15) is 38.4 Å². The van der Waals surface area contributed by atoms with Gasteiger partial charge in [-0.25, -0.2) is 9.97 Å². The van der Waals surface area contributed by atoms with Gasteiger partial charge in [0.15, 0.2) is 0 Å². The first kappa shape index (κ1) is 12.1. The molecule has 1 aliphatic heterocycles. The fraction of sp³-hybridized carbons (Fsp3) is 0.667. The Hall–Kier alpha value is -0.960. The molecule has 0 saturated carbocycles. The van der Waals surface area contributed by atoms with Crippen LogP contribution in [0.3, 0.4) is 0 Å². The molecule has 1 aromatic heterocycles. The molecule has 0 N–H and O–H groups in total. The fourth-order valence-corrected chi connectivity index (χ4v) is 1.79. The van der Waals surface area contributed by atoms with Crippen LogP contribution >= 0.6 is 0 Å². The maximum absolute atomic E-state index is 4.30. The van der Waals surface area contributed by atoms with Gasteiger partial charge in [-0.2, -0.15) is 0 Å². The molecule has 3 nitrogen and oxygen atoms in total. The summed E-state index contributed by atoms with van der Waals surface area (Å²) in [5.74, 6) is 1.60. The van der Waals surface area contributed by atoms with Gasteiger partial charge in [-0.15, -0.1) is 0 Å². The van der Waals surface area contributed by atoms with Crippen molar-refractivity contribution in [2.75, 3.05) is 20.1 Å². The lowest BCUT2D eigenvalue weighted by Crippen LogP contribution is -2.29. The highest BCUT2D eigenvalue weighted by atomic mass is 15.1. The minimum Gasteiger partial charge on any atom is -0.306 e. The van der Waals surface area contributed by atoms with Gasteiger partial charge in [-0.1, -0.05) is 13.8 Å². The van der Waals surface area contributed by atoms with Gasteiger partial charge in [-0.05, 0) is 39.0 Å².